The Bertz CT molecular complexity index is 1020. The normalized spacial score (nSPS) is 26.7. The van der Waals surface area contributed by atoms with E-state index in [2.05, 4.69) is 52.9 Å². The van der Waals surface area contributed by atoms with Crippen LogP contribution in [-0.4, -0.2) is 96.4 Å². The fraction of sp³-hybridized carbons (Fsp3) is 0.600. The molecule has 1 saturated carbocycles. The molecule has 0 spiro atoms. The van der Waals surface area contributed by atoms with Crippen molar-refractivity contribution in [3.8, 4) is 0 Å². The lowest BCUT2D eigenvalue weighted by atomic mass is 10.0. The molecule has 0 bridgehead atoms. The van der Waals surface area contributed by atoms with Crippen molar-refractivity contribution in [3.05, 3.63) is 35.4 Å². The number of hydrogen-bond acceptors (Lipinski definition) is 6. The van der Waals surface area contributed by atoms with Crippen molar-refractivity contribution >= 4 is 34.2 Å². The van der Waals surface area contributed by atoms with E-state index in [-0.39, 0.29) is 23.9 Å². The van der Waals surface area contributed by atoms with Gasteiger partial charge in [0.15, 0.2) is 0 Å². The Morgan fingerprint density at radius 2 is 1.94 bits per heavy atom. The van der Waals surface area contributed by atoms with Crippen LogP contribution in [0.2, 0.25) is 0 Å². The van der Waals surface area contributed by atoms with Crippen LogP contribution >= 0.6 is 11.6 Å². The number of carbonyl (C=O) groups excluding carboxylic acids is 1. The molecule has 7 nitrogen and oxygen atoms in total. The Hall–Kier alpha value is -1.93. The van der Waals surface area contributed by atoms with Crippen LogP contribution in [-0.2, 0) is 11.3 Å². The molecule has 1 aromatic heterocycles. The van der Waals surface area contributed by atoms with Crippen LogP contribution in [0, 0.1) is 0 Å². The van der Waals surface area contributed by atoms with Crippen molar-refractivity contribution in [2.45, 2.75) is 37.9 Å². The molecule has 2 N–H and O–H groups in total. The molecule has 5 rings (SSSR count). The zero-order chi connectivity index (χ0) is 23.1. The number of para-hydroxylation sites is 1. The summed E-state index contributed by atoms with van der Waals surface area (Å²) in [6.07, 6.45) is 1.05. The Labute approximate surface area is 201 Å². The molecule has 178 valence electrons. The van der Waals surface area contributed by atoms with Crippen LogP contribution in [0.25, 0.3) is 10.9 Å². The average Bonchev–Trinajstić information content (AvgIpc) is 3.55. The minimum atomic E-state index is 0.0262. The van der Waals surface area contributed by atoms with Gasteiger partial charge in [-0.2, -0.15) is 0 Å². The first kappa shape index (κ1) is 22.8. The highest BCUT2D eigenvalue weighted by Gasteiger charge is 2.38. The molecule has 1 aliphatic carbocycles. The smallest absolute Gasteiger partial charge is 0.237 e. The van der Waals surface area contributed by atoms with Gasteiger partial charge in [-0.05, 0) is 32.0 Å². The lowest BCUT2D eigenvalue weighted by Gasteiger charge is -2.39. The summed E-state index contributed by atoms with van der Waals surface area (Å²) >= 11 is 5.79. The number of carbonyl (C=O) groups is 1. The van der Waals surface area contributed by atoms with Gasteiger partial charge in [0, 0.05) is 81.3 Å². The minimum absolute atomic E-state index is 0.0262. The Balaban J connectivity index is 1.43. The first-order chi connectivity index (χ1) is 15.9. The van der Waals surface area contributed by atoms with E-state index in [9.17, 15) is 4.79 Å². The molecule has 3 heterocycles. The number of alkyl halides is 1. The van der Waals surface area contributed by atoms with E-state index in [0.29, 0.717) is 5.92 Å². The third-order valence-electron chi connectivity index (χ3n) is 7.52. The third kappa shape index (κ3) is 4.69. The maximum absolute atomic E-state index is 12.1. The van der Waals surface area contributed by atoms with E-state index in [4.69, 9.17) is 22.3 Å². The van der Waals surface area contributed by atoms with Crippen LogP contribution in [0.3, 0.4) is 0 Å². The third-order valence-corrected chi connectivity index (χ3v) is 7.75. The number of anilines is 1. The van der Waals surface area contributed by atoms with Crippen molar-refractivity contribution < 1.29 is 4.79 Å². The van der Waals surface area contributed by atoms with Gasteiger partial charge in [0.1, 0.15) is 11.7 Å². The van der Waals surface area contributed by atoms with Gasteiger partial charge in [-0.15, -0.1) is 11.6 Å². The fourth-order valence-corrected chi connectivity index (χ4v) is 5.53. The zero-order valence-electron chi connectivity index (χ0n) is 19.7. The van der Waals surface area contributed by atoms with Gasteiger partial charge in [-0.3, -0.25) is 9.69 Å². The van der Waals surface area contributed by atoms with Crippen molar-refractivity contribution in [1.29, 1.82) is 0 Å². The second-order valence-corrected chi connectivity index (χ2v) is 10.3. The maximum atomic E-state index is 12.1. The van der Waals surface area contributed by atoms with Gasteiger partial charge in [-0.25, -0.2) is 4.98 Å². The fourth-order valence-electron chi connectivity index (χ4n) is 5.38. The lowest BCUT2D eigenvalue weighted by Crippen LogP contribution is -2.54. The highest BCUT2D eigenvalue weighted by atomic mass is 35.5. The maximum Gasteiger partial charge on any atom is 0.237 e. The quantitative estimate of drug-likeness (QED) is 0.675. The Kier molecular flexibility index (Phi) is 6.49. The van der Waals surface area contributed by atoms with Gasteiger partial charge in [0.05, 0.1) is 5.52 Å². The average molecular weight is 471 g/mol. The Morgan fingerprint density at radius 3 is 2.61 bits per heavy atom. The van der Waals surface area contributed by atoms with E-state index < -0.39 is 0 Å². The number of likely N-dealkylation sites (N-methyl/N-ethyl adjacent to an activating group) is 1. The van der Waals surface area contributed by atoms with Gasteiger partial charge in [0.2, 0.25) is 5.91 Å². The first-order valence-electron chi connectivity index (χ1n) is 12.1. The van der Waals surface area contributed by atoms with Crippen molar-refractivity contribution in [2.24, 2.45) is 5.73 Å². The molecule has 3 aliphatic rings. The summed E-state index contributed by atoms with van der Waals surface area (Å²) < 4.78 is 0. The summed E-state index contributed by atoms with van der Waals surface area (Å²) in [5.74, 6) is 1.64. The van der Waals surface area contributed by atoms with E-state index in [1.807, 2.05) is 4.90 Å². The number of piperazine rings is 2. The van der Waals surface area contributed by atoms with E-state index in [0.717, 1.165) is 70.1 Å². The molecule has 2 aliphatic heterocycles. The molecule has 33 heavy (non-hydrogen) atoms. The summed E-state index contributed by atoms with van der Waals surface area (Å²) in [4.78, 5) is 26.6. The summed E-state index contributed by atoms with van der Waals surface area (Å²) in [6.45, 7) is 9.47. The van der Waals surface area contributed by atoms with Gasteiger partial charge < -0.3 is 20.4 Å². The van der Waals surface area contributed by atoms with Crippen LogP contribution < -0.4 is 10.6 Å². The molecule has 1 aromatic carbocycles. The molecule has 1 amide bonds. The van der Waals surface area contributed by atoms with Crippen LogP contribution in [0.15, 0.2) is 24.3 Å². The molecule has 3 atom stereocenters. The number of hydrogen-bond donors (Lipinski definition) is 1. The molecule has 2 saturated heterocycles. The number of benzene rings is 1. The van der Waals surface area contributed by atoms with E-state index in [1.54, 1.807) is 0 Å². The summed E-state index contributed by atoms with van der Waals surface area (Å²) in [5, 5.41) is 1.20. The first-order valence-corrected chi connectivity index (χ1v) is 12.7. The van der Waals surface area contributed by atoms with E-state index >= 15 is 0 Å². The number of nitrogens with two attached hydrogens (primary N) is 1. The van der Waals surface area contributed by atoms with Crippen molar-refractivity contribution in [2.75, 3.05) is 63.6 Å². The van der Waals surface area contributed by atoms with Crippen LogP contribution in [0.4, 0.5) is 5.82 Å². The van der Waals surface area contributed by atoms with Crippen molar-refractivity contribution in [1.82, 2.24) is 19.7 Å². The second-order valence-electron chi connectivity index (χ2n) is 9.99. The highest BCUT2D eigenvalue weighted by Crippen LogP contribution is 2.44. The molecular formula is C25H35ClN6O. The molecule has 8 heteroatoms. The molecule has 0 unspecified atom stereocenters. The standard InChI is InChI=1S/C25H35ClN6O/c1-17-15-30(8-11-32(17)23(33)14-26)16-19-5-3-4-18-12-21(20-13-22(20)27)25(28-24(18)19)31-9-6-29(2)7-10-31/h3-5,12,17,20,22H,6-11,13-16,27H2,1-2H3/t17-,20-,22+/m1/s1. The van der Waals surface area contributed by atoms with Crippen molar-refractivity contribution in [3.63, 3.8) is 0 Å². The molecule has 3 fully saturated rings. The Morgan fingerprint density at radius 1 is 1.18 bits per heavy atom. The lowest BCUT2D eigenvalue weighted by molar-refractivity contribution is -0.132. The van der Waals surface area contributed by atoms with Gasteiger partial charge in [-0.1, -0.05) is 18.2 Å². The number of halogens is 1. The highest BCUT2D eigenvalue weighted by molar-refractivity contribution is 6.27. The summed E-state index contributed by atoms with van der Waals surface area (Å²) in [5.41, 5.74) is 9.94. The predicted octanol–water partition coefficient (Wildman–Crippen LogP) is 2.07. The van der Waals surface area contributed by atoms with E-state index in [1.165, 1.54) is 16.5 Å². The molecular weight excluding hydrogens is 436 g/mol. The number of fused-ring (bicyclic) bond motifs is 1. The zero-order valence-corrected chi connectivity index (χ0v) is 20.5. The largest absolute Gasteiger partial charge is 0.354 e. The topological polar surface area (TPSA) is 68.9 Å². The SMILES string of the molecule is C[C@@H]1CN(Cc2cccc3cc([C@H]4C[C@@H]4N)c(N4CCN(C)CC4)nc23)CCN1C(=O)CCl. The van der Waals surface area contributed by atoms with Crippen LogP contribution in [0.5, 0.6) is 0 Å². The van der Waals surface area contributed by atoms with Gasteiger partial charge in [0.25, 0.3) is 0 Å². The number of aromatic nitrogens is 1. The number of amides is 1. The number of pyridine rings is 1. The monoisotopic (exact) mass is 470 g/mol. The number of rotatable bonds is 5. The molecule has 0 radical (unpaired) electrons. The number of nitrogens with zero attached hydrogens (tertiary/aromatic N) is 5. The predicted molar refractivity (Wildman–Crippen MR) is 134 cm³/mol. The summed E-state index contributed by atoms with van der Waals surface area (Å²) in [7, 11) is 2.18. The molecule has 2 aromatic rings. The van der Waals surface area contributed by atoms with Crippen LogP contribution in [0.1, 0.15) is 30.4 Å². The second kappa shape index (κ2) is 9.37. The van der Waals surface area contributed by atoms with Gasteiger partial charge >= 0.3 is 0 Å². The summed E-state index contributed by atoms with van der Waals surface area (Å²) in [6, 6.07) is 9.28. The minimum Gasteiger partial charge on any atom is -0.354 e.